The van der Waals surface area contributed by atoms with E-state index in [0.717, 1.165) is 5.56 Å². The summed E-state index contributed by atoms with van der Waals surface area (Å²) < 4.78 is 16.9. The lowest BCUT2D eigenvalue weighted by Gasteiger charge is -2.09. The molecule has 2 aromatic carbocycles. The first-order valence-electron chi connectivity index (χ1n) is 9.07. The zero-order chi connectivity index (χ0) is 20.1. The third-order valence-corrected chi connectivity index (χ3v) is 4.20. The smallest absolute Gasteiger partial charge is 0.344 e. The van der Waals surface area contributed by atoms with Crippen LogP contribution < -0.4 is 4.74 Å². The molecule has 0 aliphatic rings. The summed E-state index contributed by atoms with van der Waals surface area (Å²) >= 11 is 0. The second-order valence-corrected chi connectivity index (χ2v) is 6.24. The molecule has 0 unspecified atom stereocenters. The molecule has 4 aromatic rings. The summed E-state index contributed by atoms with van der Waals surface area (Å²) in [5.74, 6) is 1.31. The van der Waals surface area contributed by atoms with Gasteiger partial charge >= 0.3 is 5.97 Å². The SMILES string of the molecule is Cc1oc(-c2ccccc2)nc1COC(=O)c1cccnc1Oc1ccccc1. The van der Waals surface area contributed by atoms with Crippen LogP contribution in [0, 0.1) is 6.92 Å². The van der Waals surface area contributed by atoms with Gasteiger partial charge in [-0.25, -0.2) is 14.8 Å². The fourth-order valence-electron chi connectivity index (χ4n) is 2.71. The quantitative estimate of drug-likeness (QED) is 0.424. The molecule has 0 spiro atoms. The van der Waals surface area contributed by atoms with Crippen molar-refractivity contribution >= 4 is 5.97 Å². The number of ether oxygens (including phenoxy) is 2. The maximum Gasteiger partial charge on any atom is 0.344 e. The molecule has 6 nitrogen and oxygen atoms in total. The zero-order valence-corrected chi connectivity index (χ0v) is 15.7. The molecule has 0 amide bonds. The number of aryl methyl sites for hydroxylation is 1. The Bertz CT molecular complexity index is 1110. The molecule has 6 heteroatoms. The van der Waals surface area contributed by atoms with Gasteiger partial charge in [-0.05, 0) is 43.3 Å². The number of esters is 1. The Kier molecular flexibility index (Phi) is 5.33. The van der Waals surface area contributed by atoms with E-state index in [1.54, 1.807) is 37.4 Å². The first-order chi connectivity index (χ1) is 14.2. The van der Waals surface area contributed by atoms with Gasteiger partial charge in [0.2, 0.25) is 11.8 Å². The third kappa shape index (κ3) is 4.32. The van der Waals surface area contributed by atoms with Crippen molar-refractivity contribution in [2.75, 3.05) is 0 Å². The molecule has 0 N–H and O–H groups in total. The molecular weight excluding hydrogens is 368 g/mol. The Morgan fingerprint density at radius 3 is 2.45 bits per heavy atom. The molecule has 29 heavy (non-hydrogen) atoms. The minimum Gasteiger partial charge on any atom is -0.455 e. The topological polar surface area (TPSA) is 74.5 Å². The molecule has 4 rings (SSSR count). The maximum atomic E-state index is 12.6. The molecule has 0 radical (unpaired) electrons. The second kappa shape index (κ2) is 8.39. The minimum atomic E-state index is -0.548. The first-order valence-corrected chi connectivity index (χ1v) is 9.07. The average Bonchev–Trinajstić information content (AvgIpc) is 3.14. The number of rotatable bonds is 6. The highest BCUT2D eigenvalue weighted by Crippen LogP contribution is 2.25. The van der Waals surface area contributed by atoms with Crippen LogP contribution in [-0.2, 0) is 11.3 Å². The van der Waals surface area contributed by atoms with Crippen molar-refractivity contribution in [2.45, 2.75) is 13.5 Å². The summed E-state index contributed by atoms with van der Waals surface area (Å²) in [7, 11) is 0. The summed E-state index contributed by atoms with van der Waals surface area (Å²) in [5.41, 5.74) is 1.66. The van der Waals surface area contributed by atoms with Crippen LogP contribution in [0.25, 0.3) is 11.5 Å². The van der Waals surface area contributed by atoms with Crippen molar-refractivity contribution in [1.82, 2.24) is 9.97 Å². The van der Waals surface area contributed by atoms with Crippen LogP contribution in [0.15, 0.2) is 83.4 Å². The number of benzene rings is 2. The van der Waals surface area contributed by atoms with Gasteiger partial charge in [-0.1, -0.05) is 36.4 Å². The zero-order valence-electron chi connectivity index (χ0n) is 15.7. The molecule has 0 bridgehead atoms. The molecular formula is C23H18N2O4. The van der Waals surface area contributed by atoms with Gasteiger partial charge in [0.25, 0.3) is 0 Å². The number of carbonyl (C=O) groups is 1. The molecule has 0 atom stereocenters. The van der Waals surface area contributed by atoms with Gasteiger partial charge in [-0.15, -0.1) is 0 Å². The summed E-state index contributed by atoms with van der Waals surface area (Å²) in [5, 5.41) is 0. The normalized spacial score (nSPS) is 10.5. The van der Waals surface area contributed by atoms with Crippen LogP contribution in [0.4, 0.5) is 0 Å². The Hall–Kier alpha value is -3.93. The lowest BCUT2D eigenvalue weighted by molar-refractivity contribution is 0.0463. The van der Waals surface area contributed by atoms with E-state index in [1.807, 2.05) is 48.5 Å². The van der Waals surface area contributed by atoms with Gasteiger partial charge in [0, 0.05) is 11.8 Å². The summed E-state index contributed by atoms with van der Waals surface area (Å²) in [4.78, 5) is 21.2. The van der Waals surface area contributed by atoms with Gasteiger partial charge < -0.3 is 13.9 Å². The van der Waals surface area contributed by atoms with Crippen molar-refractivity contribution in [2.24, 2.45) is 0 Å². The molecule has 144 valence electrons. The van der Waals surface area contributed by atoms with Crippen LogP contribution in [0.2, 0.25) is 0 Å². The number of hydrogen-bond donors (Lipinski definition) is 0. The Labute approximate surface area is 167 Å². The van der Waals surface area contributed by atoms with E-state index in [9.17, 15) is 4.79 Å². The predicted octanol–water partition coefficient (Wildman–Crippen LogP) is 5.19. The number of para-hydroxylation sites is 1. The average molecular weight is 386 g/mol. The molecule has 0 saturated carbocycles. The molecule has 0 saturated heterocycles. The van der Waals surface area contributed by atoms with Crippen molar-refractivity contribution < 1.29 is 18.7 Å². The van der Waals surface area contributed by atoms with Crippen molar-refractivity contribution in [3.8, 4) is 23.1 Å². The van der Waals surface area contributed by atoms with Crippen molar-refractivity contribution in [1.29, 1.82) is 0 Å². The highest BCUT2D eigenvalue weighted by Gasteiger charge is 2.18. The lowest BCUT2D eigenvalue weighted by atomic mass is 10.2. The minimum absolute atomic E-state index is 0.0132. The summed E-state index contributed by atoms with van der Waals surface area (Å²) in [6.45, 7) is 1.78. The van der Waals surface area contributed by atoms with Gasteiger partial charge in [0.05, 0.1) is 0 Å². The Morgan fingerprint density at radius 1 is 0.966 bits per heavy atom. The van der Waals surface area contributed by atoms with E-state index in [1.165, 1.54) is 0 Å². The van der Waals surface area contributed by atoms with Gasteiger partial charge in [0.1, 0.15) is 29.4 Å². The summed E-state index contributed by atoms with van der Waals surface area (Å²) in [6.07, 6.45) is 1.56. The van der Waals surface area contributed by atoms with E-state index < -0.39 is 5.97 Å². The van der Waals surface area contributed by atoms with E-state index in [4.69, 9.17) is 13.9 Å². The predicted molar refractivity (Wildman–Crippen MR) is 107 cm³/mol. The fraction of sp³-hybridized carbons (Fsp3) is 0.0870. The molecule has 2 heterocycles. The van der Waals surface area contributed by atoms with Crippen LogP contribution in [0.5, 0.6) is 11.6 Å². The molecule has 0 fully saturated rings. The second-order valence-electron chi connectivity index (χ2n) is 6.24. The van der Waals surface area contributed by atoms with Crippen LogP contribution >= 0.6 is 0 Å². The van der Waals surface area contributed by atoms with E-state index >= 15 is 0 Å². The van der Waals surface area contributed by atoms with Crippen LogP contribution in [-0.4, -0.2) is 15.9 Å². The number of carbonyl (C=O) groups excluding carboxylic acids is 1. The Morgan fingerprint density at radius 2 is 1.69 bits per heavy atom. The fourth-order valence-corrected chi connectivity index (χ4v) is 2.71. The molecule has 0 aliphatic carbocycles. The van der Waals surface area contributed by atoms with E-state index in [0.29, 0.717) is 23.1 Å². The standard InChI is InChI=1S/C23H18N2O4/c1-16-20(25-21(28-16)17-9-4-2-5-10-17)15-27-23(26)19-13-8-14-24-22(19)29-18-11-6-3-7-12-18/h2-14H,15H2,1H3. The third-order valence-electron chi connectivity index (χ3n) is 4.20. The molecule has 0 aliphatic heterocycles. The largest absolute Gasteiger partial charge is 0.455 e. The lowest BCUT2D eigenvalue weighted by Crippen LogP contribution is -2.08. The van der Waals surface area contributed by atoms with Crippen molar-refractivity contribution in [3.63, 3.8) is 0 Å². The Balaban J connectivity index is 1.48. The number of aromatic nitrogens is 2. The van der Waals surface area contributed by atoms with Crippen LogP contribution in [0.1, 0.15) is 21.8 Å². The maximum absolute atomic E-state index is 12.6. The van der Waals surface area contributed by atoms with E-state index in [-0.39, 0.29) is 18.1 Å². The van der Waals surface area contributed by atoms with Gasteiger partial charge in [-0.3, -0.25) is 0 Å². The highest BCUT2D eigenvalue weighted by atomic mass is 16.5. The number of oxazole rings is 1. The van der Waals surface area contributed by atoms with Gasteiger partial charge in [0.15, 0.2) is 0 Å². The number of nitrogens with zero attached hydrogens (tertiary/aromatic N) is 2. The van der Waals surface area contributed by atoms with E-state index in [2.05, 4.69) is 9.97 Å². The first kappa shape index (κ1) is 18.4. The molecule has 2 aromatic heterocycles. The highest BCUT2D eigenvalue weighted by molar-refractivity contribution is 5.91. The van der Waals surface area contributed by atoms with Crippen LogP contribution in [0.3, 0.4) is 0 Å². The van der Waals surface area contributed by atoms with Gasteiger partial charge in [-0.2, -0.15) is 0 Å². The number of hydrogen-bond acceptors (Lipinski definition) is 6. The van der Waals surface area contributed by atoms with Crippen molar-refractivity contribution in [3.05, 3.63) is 96.0 Å². The summed E-state index contributed by atoms with van der Waals surface area (Å²) in [6, 6.07) is 21.9. The monoisotopic (exact) mass is 386 g/mol. The number of pyridine rings is 1.